The molecular formula is C11H14BrClN4O. The smallest absolute Gasteiger partial charge is 0.224 e. The van der Waals surface area contributed by atoms with Gasteiger partial charge in [-0.15, -0.1) is 0 Å². The number of carbonyl (C=O) groups is 1. The lowest BCUT2D eigenvalue weighted by Gasteiger charge is -2.20. The molecule has 7 heteroatoms. The Kier molecular flexibility index (Phi) is 4.40. The quantitative estimate of drug-likeness (QED) is 0.832. The summed E-state index contributed by atoms with van der Waals surface area (Å²) in [4.78, 5) is 19.7. The van der Waals surface area contributed by atoms with Crippen LogP contribution in [0.4, 0.5) is 5.82 Å². The second-order valence-electron chi connectivity index (χ2n) is 4.24. The van der Waals surface area contributed by atoms with Crippen molar-refractivity contribution in [1.29, 1.82) is 0 Å². The van der Waals surface area contributed by atoms with Crippen molar-refractivity contribution < 1.29 is 4.79 Å². The van der Waals surface area contributed by atoms with E-state index in [9.17, 15) is 4.79 Å². The summed E-state index contributed by atoms with van der Waals surface area (Å²) < 4.78 is 0.745. The highest BCUT2D eigenvalue weighted by atomic mass is 79.9. The van der Waals surface area contributed by atoms with Crippen molar-refractivity contribution in [3.05, 3.63) is 16.0 Å². The van der Waals surface area contributed by atoms with Gasteiger partial charge in [0, 0.05) is 19.3 Å². The fraction of sp³-hybridized carbons (Fsp3) is 0.545. The van der Waals surface area contributed by atoms with E-state index in [2.05, 4.69) is 36.5 Å². The Bertz CT molecular complexity index is 457. The highest BCUT2D eigenvalue weighted by molar-refractivity contribution is 9.10. The van der Waals surface area contributed by atoms with Crippen LogP contribution in [0.15, 0.2) is 10.7 Å². The molecule has 0 saturated heterocycles. The Hall–Kier alpha value is -0.880. The molecule has 0 aromatic carbocycles. The van der Waals surface area contributed by atoms with Crippen LogP contribution < -0.4 is 10.6 Å². The van der Waals surface area contributed by atoms with E-state index in [-0.39, 0.29) is 23.2 Å². The number of aromatic nitrogens is 2. The molecule has 2 rings (SSSR count). The van der Waals surface area contributed by atoms with E-state index >= 15 is 0 Å². The summed E-state index contributed by atoms with van der Waals surface area (Å²) in [5.41, 5.74) is 0. The van der Waals surface area contributed by atoms with Gasteiger partial charge in [-0.25, -0.2) is 4.98 Å². The van der Waals surface area contributed by atoms with Crippen molar-refractivity contribution >= 4 is 39.3 Å². The monoisotopic (exact) mass is 332 g/mol. The van der Waals surface area contributed by atoms with Crippen molar-refractivity contribution in [3.8, 4) is 0 Å². The Morgan fingerprint density at radius 1 is 1.56 bits per heavy atom. The molecule has 98 valence electrons. The molecule has 1 aliphatic rings. The van der Waals surface area contributed by atoms with Crippen LogP contribution >= 0.6 is 27.5 Å². The third-order valence-corrected chi connectivity index (χ3v) is 3.90. The third kappa shape index (κ3) is 2.92. The van der Waals surface area contributed by atoms with Gasteiger partial charge in [-0.1, -0.05) is 6.42 Å². The maximum atomic E-state index is 11.7. The summed E-state index contributed by atoms with van der Waals surface area (Å²) in [6.07, 6.45) is 4.48. The number of anilines is 1. The molecule has 18 heavy (non-hydrogen) atoms. The first-order valence-electron chi connectivity index (χ1n) is 5.78. The molecule has 2 N–H and O–H groups in total. The van der Waals surface area contributed by atoms with Crippen LogP contribution in [-0.2, 0) is 4.79 Å². The van der Waals surface area contributed by atoms with Crippen molar-refractivity contribution in [2.75, 3.05) is 12.4 Å². The summed E-state index contributed by atoms with van der Waals surface area (Å²) in [6.45, 7) is 0. The molecule has 2 atom stereocenters. The molecule has 0 bridgehead atoms. The Morgan fingerprint density at radius 3 is 3.06 bits per heavy atom. The van der Waals surface area contributed by atoms with Crippen molar-refractivity contribution in [2.24, 2.45) is 5.92 Å². The molecule has 1 amide bonds. The average molecular weight is 334 g/mol. The van der Waals surface area contributed by atoms with Crippen LogP contribution in [0.25, 0.3) is 0 Å². The Labute approximate surface area is 119 Å². The molecule has 0 unspecified atom stereocenters. The van der Waals surface area contributed by atoms with Gasteiger partial charge in [0.2, 0.25) is 11.2 Å². The largest absolute Gasteiger partial charge is 0.365 e. The minimum Gasteiger partial charge on any atom is -0.365 e. The van der Waals surface area contributed by atoms with Gasteiger partial charge in [-0.2, -0.15) is 4.98 Å². The van der Waals surface area contributed by atoms with Crippen LogP contribution in [0.5, 0.6) is 0 Å². The predicted octanol–water partition coefficient (Wildman–Crippen LogP) is 2.22. The SMILES string of the molecule is CNC(=O)[C@H]1CCC[C@H]1Nc1nc(Cl)ncc1Br. The van der Waals surface area contributed by atoms with Crippen LogP contribution in [0, 0.1) is 5.92 Å². The number of amides is 1. The molecule has 1 aliphatic carbocycles. The van der Waals surface area contributed by atoms with E-state index < -0.39 is 0 Å². The molecule has 1 heterocycles. The number of halogens is 2. The highest BCUT2D eigenvalue weighted by Crippen LogP contribution is 2.30. The van der Waals surface area contributed by atoms with Crippen LogP contribution in [0.2, 0.25) is 5.28 Å². The van der Waals surface area contributed by atoms with Gasteiger partial charge in [0.05, 0.1) is 10.4 Å². The number of nitrogens with zero attached hydrogens (tertiary/aromatic N) is 2. The van der Waals surface area contributed by atoms with Crippen LogP contribution in [0.3, 0.4) is 0 Å². The summed E-state index contributed by atoms with van der Waals surface area (Å²) >= 11 is 9.13. The normalized spacial score (nSPS) is 22.8. The van der Waals surface area contributed by atoms with Crippen molar-refractivity contribution in [1.82, 2.24) is 15.3 Å². The zero-order valence-electron chi connectivity index (χ0n) is 9.91. The summed E-state index contributed by atoms with van der Waals surface area (Å²) in [7, 11) is 1.66. The summed E-state index contributed by atoms with van der Waals surface area (Å²) in [5.74, 6) is 0.688. The fourth-order valence-electron chi connectivity index (χ4n) is 2.25. The van der Waals surface area contributed by atoms with E-state index in [1.165, 1.54) is 0 Å². The zero-order chi connectivity index (χ0) is 13.1. The fourth-order valence-corrected chi connectivity index (χ4v) is 2.69. The molecule has 1 aromatic rings. The van der Waals surface area contributed by atoms with E-state index in [0.29, 0.717) is 5.82 Å². The van der Waals surface area contributed by atoms with Gasteiger partial charge in [0.1, 0.15) is 5.82 Å². The standard InChI is InChI=1S/C11H14BrClN4O/c1-14-10(18)6-3-2-4-8(6)16-9-7(12)5-15-11(13)17-9/h5-6,8H,2-4H2,1H3,(H,14,18)(H,15,16,17)/t6-,8+/m0/s1. The molecule has 1 saturated carbocycles. The lowest BCUT2D eigenvalue weighted by Crippen LogP contribution is -2.36. The van der Waals surface area contributed by atoms with Crippen molar-refractivity contribution in [3.63, 3.8) is 0 Å². The van der Waals surface area contributed by atoms with Crippen molar-refractivity contribution in [2.45, 2.75) is 25.3 Å². The molecular weight excluding hydrogens is 320 g/mol. The first kappa shape index (κ1) is 13.5. The van der Waals surface area contributed by atoms with E-state index in [4.69, 9.17) is 11.6 Å². The predicted molar refractivity (Wildman–Crippen MR) is 73.6 cm³/mol. The minimum absolute atomic E-state index is 0.0179. The third-order valence-electron chi connectivity index (χ3n) is 3.14. The molecule has 0 radical (unpaired) electrons. The molecule has 5 nitrogen and oxygen atoms in total. The maximum Gasteiger partial charge on any atom is 0.224 e. The summed E-state index contributed by atoms with van der Waals surface area (Å²) in [6, 6.07) is 0.0900. The van der Waals surface area contributed by atoms with E-state index in [1.54, 1.807) is 13.2 Å². The van der Waals surface area contributed by atoms with Crippen LogP contribution in [0.1, 0.15) is 19.3 Å². The second kappa shape index (κ2) is 5.84. The van der Waals surface area contributed by atoms with Crippen LogP contribution in [-0.4, -0.2) is 29.0 Å². The van der Waals surface area contributed by atoms with Gasteiger partial charge in [-0.3, -0.25) is 4.79 Å². The number of rotatable bonds is 3. The number of hydrogen-bond acceptors (Lipinski definition) is 4. The Morgan fingerprint density at radius 2 is 2.33 bits per heavy atom. The molecule has 0 spiro atoms. The number of carbonyl (C=O) groups excluding carboxylic acids is 1. The highest BCUT2D eigenvalue weighted by Gasteiger charge is 2.32. The minimum atomic E-state index is -0.0179. The first-order chi connectivity index (χ1) is 8.61. The second-order valence-corrected chi connectivity index (χ2v) is 5.43. The van der Waals surface area contributed by atoms with Gasteiger partial charge in [0.15, 0.2) is 0 Å². The lowest BCUT2D eigenvalue weighted by atomic mass is 10.0. The summed E-state index contributed by atoms with van der Waals surface area (Å²) in [5, 5.41) is 6.16. The molecule has 1 fully saturated rings. The lowest BCUT2D eigenvalue weighted by molar-refractivity contribution is -0.124. The maximum absolute atomic E-state index is 11.7. The van der Waals surface area contributed by atoms with E-state index in [0.717, 1.165) is 23.7 Å². The Balaban J connectivity index is 2.13. The first-order valence-corrected chi connectivity index (χ1v) is 6.95. The molecule has 0 aliphatic heterocycles. The van der Waals surface area contributed by atoms with E-state index in [1.807, 2.05) is 0 Å². The van der Waals surface area contributed by atoms with Gasteiger partial charge in [-0.05, 0) is 40.4 Å². The topological polar surface area (TPSA) is 66.9 Å². The average Bonchev–Trinajstić information content (AvgIpc) is 2.81. The zero-order valence-corrected chi connectivity index (χ0v) is 12.3. The van der Waals surface area contributed by atoms with Gasteiger partial charge >= 0.3 is 0 Å². The number of hydrogen-bond donors (Lipinski definition) is 2. The van der Waals surface area contributed by atoms with Gasteiger partial charge < -0.3 is 10.6 Å². The number of nitrogens with one attached hydrogen (secondary N) is 2. The van der Waals surface area contributed by atoms with Gasteiger partial charge in [0.25, 0.3) is 0 Å². The molecule has 1 aromatic heterocycles.